The Morgan fingerprint density at radius 1 is 0.808 bits per heavy atom. The molecule has 5 rings (SSSR count). The summed E-state index contributed by atoms with van der Waals surface area (Å²) in [6.07, 6.45) is 5.44. The van der Waals surface area contributed by atoms with Gasteiger partial charge in [0.05, 0.1) is 6.26 Å². The van der Waals surface area contributed by atoms with E-state index in [4.69, 9.17) is 9.15 Å². The summed E-state index contributed by atoms with van der Waals surface area (Å²) in [5.74, 6) is 0.904. The van der Waals surface area contributed by atoms with Crippen LogP contribution >= 0.6 is 0 Å². The Balaban J connectivity index is 1.76. The Morgan fingerprint density at radius 2 is 1.65 bits per heavy atom. The third-order valence-corrected chi connectivity index (χ3v) is 4.85. The van der Waals surface area contributed by atoms with Gasteiger partial charge in [-0.25, -0.2) is 4.39 Å². The van der Waals surface area contributed by atoms with E-state index in [1.54, 1.807) is 30.5 Å². The fraction of sp³-hybridized carbons (Fsp3) is 0.0435. The molecule has 0 N–H and O–H groups in total. The van der Waals surface area contributed by atoms with E-state index < -0.39 is 5.60 Å². The normalized spacial score (nSPS) is 18.5. The Morgan fingerprint density at radius 3 is 2.50 bits per heavy atom. The summed E-state index contributed by atoms with van der Waals surface area (Å²) in [5.41, 5.74) is 0.274. The predicted octanol–water partition coefficient (Wildman–Crippen LogP) is 5.92. The summed E-state index contributed by atoms with van der Waals surface area (Å²) in [4.78, 5) is 0. The first-order valence-electron chi connectivity index (χ1n) is 8.47. The number of halogens is 1. The van der Waals surface area contributed by atoms with Crippen molar-refractivity contribution in [2.24, 2.45) is 0 Å². The molecule has 1 unspecified atom stereocenters. The van der Waals surface area contributed by atoms with Crippen LogP contribution in [0.1, 0.15) is 16.9 Å². The maximum absolute atomic E-state index is 14.7. The van der Waals surface area contributed by atoms with Gasteiger partial charge in [-0.1, -0.05) is 48.5 Å². The van der Waals surface area contributed by atoms with Crippen LogP contribution in [0.5, 0.6) is 5.75 Å². The molecule has 0 aliphatic carbocycles. The molecule has 1 aliphatic rings. The zero-order chi connectivity index (χ0) is 17.6. The molecular weight excluding hydrogens is 327 g/mol. The van der Waals surface area contributed by atoms with Crippen molar-refractivity contribution >= 4 is 16.8 Å². The number of hydrogen-bond acceptors (Lipinski definition) is 2. The highest BCUT2D eigenvalue weighted by Crippen LogP contribution is 2.44. The van der Waals surface area contributed by atoms with Gasteiger partial charge in [0.25, 0.3) is 0 Å². The van der Waals surface area contributed by atoms with Gasteiger partial charge in [-0.05, 0) is 47.2 Å². The van der Waals surface area contributed by atoms with Crippen LogP contribution in [0.3, 0.4) is 0 Å². The molecule has 126 valence electrons. The first-order chi connectivity index (χ1) is 12.8. The zero-order valence-electron chi connectivity index (χ0n) is 13.9. The van der Waals surface area contributed by atoms with E-state index in [0.29, 0.717) is 17.1 Å². The summed E-state index contributed by atoms with van der Waals surface area (Å²) in [6, 6.07) is 22.3. The van der Waals surface area contributed by atoms with Crippen LogP contribution in [0, 0.1) is 5.82 Å². The molecule has 3 aromatic carbocycles. The highest BCUT2D eigenvalue weighted by molar-refractivity contribution is 5.93. The molecule has 0 saturated heterocycles. The number of hydrogen-bond donors (Lipinski definition) is 0. The molecule has 1 aliphatic heterocycles. The van der Waals surface area contributed by atoms with Crippen molar-refractivity contribution in [3.05, 3.63) is 108 Å². The molecule has 1 aromatic heterocycles. The third kappa shape index (κ3) is 2.10. The second kappa shape index (κ2) is 5.60. The van der Waals surface area contributed by atoms with Gasteiger partial charge in [-0.15, -0.1) is 0 Å². The smallest absolute Gasteiger partial charge is 0.212 e. The van der Waals surface area contributed by atoms with Crippen molar-refractivity contribution in [2.45, 2.75) is 5.60 Å². The topological polar surface area (TPSA) is 22.4 Å². The molecule has 4 aromatic rings. The summed E-state index contributed by atoms with van der Waals surface area (Å²) in [6.45, 7) is 0. The molecule has 0 amide bonds. The minimum Gasteiger partial charge on any atom is -0.470 e. The van der Waals surface area contributed by atoms with Gasteiger partial charge in [0.1, 0.15) is 11.6 Å². The average molecular weight is 342 g/mol. The van der Waals surface area contributed by atoms with Crippen LogP contribution in [0.4, 0.5) is 4.39 Å². The molecule has 1 atom stereocenters. The molecule has 2 heterocycles. The highest BCUT2D eigenvalue weighted by atomic mass is 19.1. The van der Waals surface area contributed by atoms with Crippen molar-refractivity contribution in [1.29, 1.82) is 0 Å². The Labute approximate surface area is 150 Å². The van der Waals surface area contributed by atoms with E-state index >= 15 is 0 Å². The predicted molar refractivity (Wildman–Crippen MR) is 99.5 cm³/mol. The third-order valence-electron chi connectivity index (χ3n) is 4.85. The zero-order valence-corrected chi connectivity index (χ0v) is 13.9. The van der Waals surface area contributed by atoms with Gasteiger partial charge in [0.15, 0.2) is 5.76 Å². The maximum atomic E-state index is 14.7. The Kier molecular flexibility index (Phi) is 3.22. The van der Waals surface area contributed by atoms with E-state index in [1.165, 1.54) is 6.07 Å². The SMILES string of the molecule is Fc1ccccc1C1(c2ccco2)C=Cc2c(ccc3ccccc23)O1. The van der Waals surface area contributed by atoms with Crippen LogP contribution < -0.4 is 4.74 Å². The summed E-state index contributed by atoms with van der Waals surface area (Å²) in [7, 11) is 0. The second-order valence-electron chi connectivity index (χ2n) is 6.33. The molecule has 2 nitrogen and oxygen atoms in total. The fourth-order valence-corrected chi connectivity index (χ4v) is 3.61. The lowest BCUT2D eigenvalue weighted by Gasteiger charge is -2.34. The summed E-state index contributed by atoms with van der Waals surface area (Å²) < 4.78 is 26.7. The lowest BCUT2D eigenvalue weighted by molar-refractivity contribution is 0.128. The van der Waals surface area contributed by atoms with Crippen LogP contribution in [0.15, 0.2) is 89.6 Å². The molecule has 3 heteroatoms. The van der Waals surface area contributed by atoms with Crippen molar-refractivity contribution in [1.82, 2.24) is 0 Å². The van der Waals surface area contributed by atoms with E-state index in [-0.39, 0.29) is 5.82 Å². The van der Waals surface area contributed by atoms with Crippen LogP contribution in [0.2, 0.25) is 0 Å². The lowest BCUT2D eigenvalue weighted by atomic mass is 9.86. The summed E-state index contributed by atoms with van der Waals surface area (Å²) in [5, 5.41) is 2.23. The fourth-order valence-electron chi connectivity index (χ4n) is 3.61. The molecule has 0 fully saturated rings. The minimum absolute atomic E-state index is 0.335. The van der Waals surface area contributed by atoms with E-state index in [0.717, 1.165) is 16.3 Å². The summed E-state index contributed by atoms with van der Waals surface area (Å²) >= 11 is 0. The van der Waals surface area contributed by atoms with Gasteiger partial charge in [-0.2, -0.15) is 0 Å². The Hall–Kier alpha value is -3.33. The largest absolute Gasteiger partial charge is 0.470 e. The van der Waals surface area contributed by atoms with Crippen LogP contribution in [-0.2, 0) is 5.60 Å². The molecule has 0 bridgehead atoms. The van der Waals surface area contributed by atoms with Crippen molar-refractivity contribution in [3.8, 4) is 5.75 Å². The van der Waals surface area contributed by atoms with Gasteiger partial charge >= 0.3 is 0 Å². The van der Waals surface area contributed by atoms with Crippen molar-refractivity contribution < 1.29 is 13.5 Å². The second-order valence-corrected chi connectivity index (χ2v) is 6.33. The average Bonchev–Trinajstić information content (AvgIpc) is 3.23. The van der Waals surface area contributed by atoms with E-state index in [1.807, 2.05) is 42.5 Å². The van der Waals surface area contributed by atoms with E-state index in [2.05, 4.69) is 12.1 Å². The van der Waals surface area contributed by atoms with Gasteiger partial charge in [0, 0.05) is 11.1 Å². The number of ether oxygens (including phenoxy) is 1. The monoisotopic (exact) mass is 342 g/mol. The quantitative estimate of drug-likeness (QED) is 0.451. The number of fused-ring (bicyclic) bond motifs is 3. The van der Waals surface area contributed by atoms with Crippen LogP contribution in [-0.4, -0.2) is 0 Å². The maximum Gasteiger partial charge on any atom is 0.212 e. The van der Waals surface area contributed by atoms with E-state index in [9.17, 15) is 4.39 Å². The standard InChI is InChI=1S/C23H15FO2/c24-20-9-4-3-8-19(20)23(22-10-5-15-25-22)14-13-18-17-7-2-1-6-16(17)11-12-21(18)26-23/h1-15H. The minimum atomic E-state index is -1.13. The van der Waals surface area contributed by atoms with Crippen molar-refractivity contribution in [3.63, 3.8) is 0 Å². The highest BCUT2D eigenvalue weighted by Gasteiger charge is 2.41. The molecule has 26 heavy (non-hydrogen) atoms. The number of rotatable bonds is 2. The van der Waals surface area contributed by atoms with Crippen molar-refractivity contribution in [2.75, 3.05) is 0 Å². The van der Waals surface area contributed by atoms with Gasteiger partial charge in [-0.3, -0.25) is 0 Å². The van der Waals surface area contributed by atoms with Crippen LogP contribution in [0.25, 0.3) is 16.8 Å². The van der Waals surface area contributed by atoms with Gasteiger partial charge < -0.3 is 9.15 Å². The molecule has 0 spiro atoms. The number of furan rings is 1. The lowest BCUT2D eigenvalue weighted by Crippen LogP contribution is -2.34. The first-order valence-corrected chi connectivity index (χ1v) is 8.47. The molecular formula is C23H15FO2. The number of benzene rings is 3. The Bertz CT molecular complexity index is 1130. The molecule has 0 radical (unpaired) electrons. The first kappa shape index (κ1) is 15.0. The molecule has 0 saturated carbocycles. The van der Waals surface area contributed by atoms with Gasteiger partial charge in [0.2, 0.25) is 5.60 Å².